The minimum atomic E-state index is -0.206. The maximum atomic E-state index is 11.7. The molecule has 0 saturated carbocycles. The number of amides is 2. The summed E-state index contributed by atoms with van der Waals surface area (Å²) in [7, 11) is 0. The lowest BCUT2D eigenvalue weighted by Gasteiger charge is -2.34. The molecular formula is C11H20N2O3. The molecule has 0 bridgehead atoms. The largest absolute Gasteiger partial charge is 0.378 e. The second kappa shape index (κ2) is 5.41. The van der Waals surface area contributed by atoms with Crippen LogP contribution in [0, 0.1) is 5.41 Å². The number of likely N-dealkylation sites (tertiary alicyclic amines) is 1. The van der Waals surface area contributed by atoms with E-state index in [0.29, 0.717) is 39.1 Å². The van der Waals surface area contributed by atoms with Gasteiger partial charge in [0.2, 0.25) is 11.8 Å². The topological polar surface area (TPSA) is 72.6 Å². The molecule has 2 amide bonds. The lowest BCUT2D eigenvalue weighted by atomic mass is 9.82. The van der Waals surface area contributed by atoms with Gasteiger partial charge in [-0.1, -0.05) is 13.8 Å². The quantitative estimate of drug-likeness (QED) is 0.536. The molecule has 16 heavy (non-hydrogen) atoms. The van der Waals surface area contributed by atoms with E-state index in [4.69, 9.17) is 10.5 Å². The van der Waals surface area contributed by atoms with Gasteiger partial charge in [-0.2, -0.15) is 0 Å². The Morgan fingerprint density at radius 2 is 1.81 bits per heavy atom. The highest BCUT2D eigenvalue weighted by atomic mass is 16.5. The van der Waals surface area contributed by atoms with E-state index in [1.54, 1.807) is 0 Å². The third-order valence-electron chi connectivity index (χ3n) is 2.58. The SMILES string of the molecule is CC1(C)CC(=O)N(CCOCCN)C(=O)C1. The van der Waals surface area contributed by atoms with Crippen LogP contribution in [0.3, 0.4) is 0 Å². The van der Waals surface area contributed by atoms with Crippen LogP contribution in [-0.2, 0) is 14.3 Å². The molecule has 5 heteroatoms. The predicted molar refractivity (Wildman–Crippen MR) is 59.6 cm³/mol. The van der Waals surface area contributed by atoms with Gasteiger partial charge in [0.05, 0.1) is 19.8 Å². The number of piperidine rings is 1. The molecular weight excluding hydrogens is 208 g/mol. The monoisotopic (exact) mass is 228 g/mol. The van der Waals surface area contributed by atoms with E-state index >= 15 is 0 Å². The molecule has 0 aromatic heterocycles. The number of carbonyl (C=O) groups is 2. The Morgan fingerprint density at radius 1 is 1.25 bits per heavy atom. The summed E-state index contributed by atoms with van der Waals surface area (Å²) < 4.78 is 5.16. The molecule has 1 aliphatic heterocycles. The summed E-state index contributed by atoms with van der Waals surface area (Å²) in [5.41, 5.74) is 5.06. The van der Waals surface area contributed by atoms with Crippen molar-refractivity contribution >= 4 is 11.8 Å². The Bertz CT molecular complexity index is 256. The van der Waals surface area contributed by atoms with Crippen molar-refractivity contribution in [2.75, 3.05) is 26.3 Å². The van der Waals surface area contributed by atoms with E-state index in [2.05, 4.69) is 0 Å². The molecule has 0 unspecified atom stereocenters. The Kier molecular flexibility index (Phi) is 4.44. The molecule has 92 valence electrons. The second-order valence-corrected chi connectivity index (χ2v) is 4.86. The van der Waals surface area contributed by atoms with E-state index in [1.165, 1.54) is 4.90 Å². The standard InChI is InChI=1S/C11H20N2O3/c1-11(2)7-9(14)13(10(15)8-11)4-6-16-5-3-12/h3-8,12H2,1-2H3. The van der Waals surface area contributed by atoms with Gasteiger partial charge in [-0.15, -0.1) is 0 Å². The summed E-state index contributed by atoms with van der Waals surface area (Å²) >= 11 is 0. The highest BCUT2D eigenvalue weighted by Gasteiger charge is 2.36. The predicted octanol–water partition coefficient (Wildman–Crippen LogP) is 0.137. The van der Waals surface area contributed by atoms with E-state index in [-0.39, 0.29) is 17.2 Å². The van der Waals surface area contributed by atoms with Gasteiger partial charge < -0.3 is 10.5 Å². The number of rotatable bonds is 5. The summed E-state index contributed by atoms with van der Waals surface area (Å²) in [5, 5.41) is 0. The number of nitrogens with zero attached hydrogens (tertiary/aromatic N) is 1. The number of hydrogen-bond donors (Lipinski definition) is 1. The number of hydrogen-bond acceptors (Lipinski definition) is 4. The molecule has 1 rings (SSSR count). The minimum Gasteiger partial charge on any atom is -0.378 e. The van der Waals surface area contributed by atoms with Crippen molar-refractivity contribution in [2.24, 2.45) is 11.1 Å². The zero-order chi connectivity index (χ0) is 12.2. The van der Waals surface area contributed by atoms with Crippen LogP contribution in [0.25, 0.3) is 0 Å². The first-order chi connectivity index (χ1) is 7.46. The summed E-state index contributed by atoms with van der Waals surface area (Å²) in [4.78, 5) is 24.7. The third-order valence-corrected chi connectivity index (χ3v) is 2.58. The molecule has 1 fully saturated rings. The Morgan fingerprint density at radius 3 is 2.31 bits per heavy atom. The molecule has 1 heterocycles. The Hall–Kier alpha value is -0.940. The fraction of sp³-hybridized carbons (Fsp3) is 0.818. The van der Waals surface area contributed by atoms with Crippen molar-refractivity contribution in [3.8, 4) is 0 Å². The van der Waals surface area contributed by atoms with Gasteiger partial charge in [-0.25, -0.2) is 0 Å². The van der Waals surface area contributed by atoms with E-state index in [0.717, 1.165) is 0 Å². The van der Waals surface area contributed by atoms with Crippen LogP contribution in [0.5, 0.6) is 0 Å². The molecule has 0 spiro atoms. The number of imide groups is 1. The molecule has 0 aromatic rings. The van der Waals surface area contributed by atoms with Gasteiger partial charge in [0, 0.05) is 19.4 Å². The average molecular weight is 228 g/mol. The molecule has 1 saturated heterocycles. The summed E-state index contributed by atoms with van der Waals surface area (Å²) in [6.07, 6.45) is 0.852. The number of nitrogens with two attached hydrogens (primary N) is 1. The average Bonchev–Trinajstić information content (AvgIpc) is 2.13. The van der Waals surface area contributed by atoms with Crippen LogP contribution in [0.15, 0.2) is 0 Å². The van der Waals surface area contributed by atoms with E-state index in [9.17, 15) is 9.59 Å². The van der Waals surface area contributed by atoms with Crippen molar-refractivity contribution in [1.82, 2.24) is 4.90 Å². The van der Waals surface area contributed by atoms with Crippen LogP contribution in [0.4, 0.5) is 0 Å². The molecule has 2 N–H and O–H groups in total. The van der Waals surface area contributed by atoms with E-state index in [1.807, 2.05) is 13.8 Å². The number of ether oxygens (including phenoxy) is 1. The van der Waals surface area contributed by atoms with Gasteiger partial charge in [-0.05, 0) is 5.41 Å². The van der Waals surface area contributed by atoms with Crippen LogP contribution in [0.2, 0.25) is 0 Å². The molecule has 0 aliphatic carbocycles. The molecule has 0 atom stereocenters. The lowest BCUT2D eigenvalue weighted by molar-refractivity contribution is -0.153. The third kappa shape index (κ3) is 3.57. The minimum absolute atomic E-state index is 0.0994. The van der Waals surface area contributed by atoms with Crippen molar-refractivity contribution in [1.29, 1.82) is 0 Å². The van der Waals surface area contributed by atoms with Gasteiger partial charge >= 0.3 is 0 Å². The van der Waals surface area contributed by atoms with Gasteiger partial charge in [0.15, 0.2) is 0 Å². The van der Waals surface area contributed by atoms with Crippen molar-refractivity contribution in [2.45, 2.75) is 26.7 Å². The zero-order valence-corrected chi connectivity index (χ0v) is 9.99. The smallest absolute Gasteiger partial charge is 0.229 e. The van der Waals surface area contributed by atoms with Crippen LogP contribution >= 0.6 is 0 Å². The van der Waals surface area contributed by atoms with Gasteiger partial charge in [-0.3, -0.25) is 14.5 Å². The van der Waals surface area contributed by atoms with Crippen molar-refractivity contribution in [3.05, 3.63) is 0 Å². The van der Waals surface area contributed by atoms with Gasteiger partial charge in [0.25, 0.3) is 0 Å². The highest BCUT2D eigenvalue weighted by molar-refractivity contribution is 5.98. The molecule has 1 aliphatic rings. The van der Waals surface area contributed by atoms with Crippen LogP contribution < -0.4 is 5.73 Å². The lowest BCUT2D eigenvalue weighted by Crippen LogP contribution is -2.47. The maximum absolute atomic E-state index is 11.7. The fourth-order valence-corrected chi connectivity index (χ4v) is 1.80. The van der Waals surface area contributed by atoms with Crippen molar-refractivity contribution < 1.29 is 14.3 Å². The first-order valence-electron chi connectivity index (χ1n) is 5.57. The van der Waals surface area contributed by atoms with Crippen molar-refractivity contribution in [3.63, 3.8) is 0 Å². The van der Waals surface area contributed by atoms with Crippen LogP contribution in [-0.4, -0.2) is 43.0 Å². The Balaban J connectivity index is 2.42. The fourth-order valence-electron chi connectivity index (χ4n) is 1.80. The normalized spacial score (nSPS) is 20.3. The number of carbonyl (C=O) groups excluding carboxylic acids is 2. The summed E-state index contributed by atoms with van der Waals surface area (Å²) in [6, 6.07) is 0. The first-order valence-corrected chi connectivity index (χ1v) is 5.57. The summed E-state index contributed by atoms with van der Waals surface area (Å²) in [5.74, 6) is -0.199. The molecule has 0 radical (unpaired) electrons. The highest BCUT2D eigenvalue weighted by Crippen LogP contribution is 2.31. The summed E-state index contributed by atoms with van der Waals surface area (Å²) in [6.45, 7) is 5.50. The zero-order valence-electron chi connectivity index (χ0n) is 9.99. The molecule has 0 aromatic carbocycles. The molecule has 5 nitrogen and oxygen atoms in total. The van der Waals surface area contributed by atoms with Gasteiger partial charge in [0.1, 0.15) is 0 Å². The second-order valence-electron chi connectivity index (χ2n) is 4.86. The first kappa shape index (κ1) is 13.1. The Labute approximate surface area is 95.9 Å². The van der Waals surface area contributed by atoms with Crippen LogP contribution in [0.1, 0.15) is 26.7 Å². The maximum Gasteiger partial charge on any atom is 0.229 e. The van der Waals surface area contributed by atoms with E-state index < -0.39 is 0 Å².